The molecule has 14 rings (SSSR count). The summed E-state index contributed by atoms with van der Waals surface area (Å²) in [6.07, 6.45) is 73.2. The zero-order chi connectivity index (χ0) is 82.6. The molecule has 0 bridgehead atoms. The Hall–Kier alpha value is -3.28. The van der Waals surface area contributed by atoms with Crippen molar-refractivity contribution in [1.29, 1.82) is 0 Å². The molecule has 0 radical (unpaired) electrons. The van der Waals surface area contributed by atoms with Crippen molar-refractivity contribution in [3.63, 3.8) is 0 Å². The number of rotatable bonds is 20. The minimum Gasteiger partial charge on any atom is -0.393 e. The molecule has 4 heteroatoms. The minimum absolute atomic E-state index is 0.106. The maximum atomic E-state index is 10.2. The Morgan fingerprint density at radius 1 is 0.351 bits per heavy atom. The molecule has 0 amide bonds. The largest absolute Gasteiger partial charge is 0.393 e. The maximum Gasteiger partial charge on any atom is 0.0583 e. The van der Waals surface area contributed by atoms with Crippen molar-refractivity contribution in [1.82, 2.24) is 0 Å². The van der Waals surface area contributed by atoms with Crippen LogP contribution in [0.1, 0.15) is 370 Å². The lowest BCUT2D eigenvalue weighted by atomic mass is 9.50. The predicted molar refractivity (Wildman–Crippen MR) is 489 cm³/mol. The zero-order valence-corrected chi connectivity index (χ0v) is 77.4. The quantitative estimate of drug-likeness (QED) is 0.0916. The summed E-state index contributed by atoms with van der Waals surface area (Å²) in [4.78, 5) is 0. The van der Waals surface area contributed by atoms with Crippen molar-refractivity contribution in [2.24, 2.45) is 151 Å². The summed E-state index contributed by atoms with van der Waals surface area (Å²) in [5.74, 6) is 15.5. The van der Waals surface area contributed by atoms with Gasteiger partial charge in [-0.15, -0.1) is 0 Å². The molecule has 0 aromatic rings. The van der Waals surface area contributed by atoms with E-state index >= 15 is 0 Å². The smallest absolute Gasteiger partial charge is 0.0583 e. The highest BCUT2D eigenvalue weighted by Gasteiger charge is 2.60. The molecule has 640 valence electrons. The lowest BCUT2D eigenvalue weighted by molar-refractivity contribution is 0.0323. The third kappa shape index (κ3) is 20.1. The molecule has 0 aromatic heterocycles. The van der Waals surface area contributed by atoms with Gasteiger partial charge in [-0.2, -0.15) is 0 Å². The number of aliphatic hydroxyl groups excluding tert-OH is 4. The van der Waals surface area contributed by atoms with Crippen molar-refractivity contribution < 1.29 is 20.4 Å². The fourth-order valence-corrected chi connectivity index (χ4v) is 28.5. The van der Waals surface area contributed by atoms with Gasteiger partial charge in [0.2, 0.25) is 0 Å². The molecular formula is C110H176O4. The second-order valence-corrected chi connectivity index (χ2v) is 45.4. The van der Waals surface area contributed by atoms with E-state index < -0.39 is 0 Å². The van der Waals surface area contributed by atoms with E-state index in [1.807, 2.05) is 0 Å². The highest BCUT2D eigenvalue weighted by atomic mass is 16.3. The van der Waals surface area contributed by atoms with E-state index in [4.69, 9.17) is 0 Å². The molecule has 0 saturated heterocycles. The van der Waals surface area contributed by atoms with Gasteiger partial charge in [0.05, 0.1) is 24.4 Å². The van der Waals surface area contributed by atoms with Crippen molar-refractivity contribution >= 4 is 0 Å². The molecule has 26 atom stereocenters. The van der Waals surface area contributed by atoms with Crippen LogP contribution in [0.3, 0.4) is 0 Å². The molecule has 12 saturated carbocycles. The second-order valence-electron chi connectivity index (χ2n) is 45.4. The third-order valence-electron chi connectivity index (χ3n) is 36.8. The van der Waals surface area contributed by atoms with Crippen molar-refractivity contribution in [2.45, 2.75) is 394 Å². The van der Waals surface area contributed by atoms with Crippen LogP contribution in [0.15, 0.2) is 142 Å². The molecule has 26 unspecified atom stereocenters. The first-order valence-electron chi connectivity index (χ1n) is 49.0. The molecule has 0 aromatic carbocycles. The standard InChI is InChI=1S/2C28H44O.2C27H44O/c1-18(2)19(3)7-8-20(4)24-11-12-25-23-10-9-21-17-22(29)13-15-27(21,5)26(23)14-16-28(24,25)6;1-19(2)20(3)9-10-22(5)26-15-16-27-23(8-7-17-28(26,27)6)12-13-24-18-25(29)14-11-21(24)4;1-18(2)7-6-8-19(3)23-11-12-24-22-10-9-20-17-21(28)13-15-26(20,4)25(22)14-16-27(23,24)5;1-19(2)8-6-9-21(4)25-15-16-26-22(10-7-17-27(25,26)5)12-13-23-18-24(28)14-11-20(23)3/h7-10,18-20,22,24-26,29H,11-17H2,1-6H3;9-10,12-13,19-20,22,25-27,29H,4,7-8,11,14-18H2,1-3,5-6H3;9-10,18-19,21,23-25,28H,6-8,11-17H2,1-5H3;12-13,19,21,24-26,28H,3,6-11,14-18H2,1-2,4-5H3/b8-7-;10-9-,23-12+,24-13-;;22-12+,23-13-. The van der Waals surface area contributed by atoms with Crippen molar-refractivity contribution in [2.75, 3.05) is 0 Å². The van der Waals surface area contributed by atoms with Gasteiger partial charge in [-0.05, 0) is 355 Å². The van der Waals surface area contributed by atoms with Crippen LogP contribution in [0, 0.1) is 151 Å². The SMILES string of the molecule is C=C1CCC(O)C/C1=C/C=C1\CCCC2(C)C1CCC2C(C)/C=C\C(C)C(C)C.C=C1CCC(O)C/C1=C/C=C1\CCCC2(C)C1CCC2C(C)CCCC(C)C.CC(C)C(C)/C=C\C(C)C1CCC2C3=CC=C4CC(O)CCC4(C)C3CCC21C.CC(C)CCCC(C)C1CCC2C3=CC=C4CC(O)CCC4(C)C3CCC21C. The van der Waals surface area contributed by atoms with E-state index in [2.05, 4.69) is 225 Å². The number of aliphatic hydroxyl groups is 4. The first-order valence-corrected chi connectivity index (χ1v) is 49.0. The molecule has 14 aliphatic carbocycles. The Morgan fingerprint density at radius 2 is 0.702 bits per heavy atom. The van der Waals surface area contributed by atoms with Crippen LogP contribution < -0.4 is 0 Å². The van der Waals surface area contributed by atoms with Gasteiger partial charge in [-0.1, -0.05) is 308 Å². The van der Waals surface area contributed by atoms with Gasteiger partial charge in [-0.25, -0.2) is 0 Å². The van der Waals surface area contributed by atoms with E-state index in [1.165, 1.54) is 195 Å². The van der Waals surface area contributed by atoms with Gasteiger partial charge in [0, 0.05) is 0 Å². The molecule has 0 spiro atoms. The molecule has 0 aliphatic heterocycles. The highest BCUT2D eigenvalue weighted by molar-refractivity contribution is 5.42. The normalized spacial score (nSPS) is 40.9. The lowest BCUT2D eigenvalue weighted by Crippen LogP contribution is -2.46. The Bertz CT molecular complexity index is 3560. The van der Waals surface area contributed by atoms with E-state index in [0.29, 0.717) is 56.2 Å². The number of fused-ring (bicyclic) bond motifs is 12. The average Bonchev–Trinajstić information content (AvgIpc) is 1.54. The van der Waals surface area contributed by atoms with Crippen LogP contribution in [-0.2, 0) is 0 Å². The number of hydrogen-bond acceptors (Lipinski definition) is 4. The topological polar surface area (TPSA) is 80.9 Å². The molecule has 114 heavy (non-hydrogen) atoms. The van der Waals surface area contributed by atoms with E-state index in [0.717, 1.165) is 159 Å². The van der Waals surface area contributed by atoms with Gasteiger partial charge >= 0.3 is 0 Å². The predicted octanol–water partition coefficient (Wildman–Crippen LogP) is 29.9. The van der Waals surface area contributed by atoms with Gasteiger partial charge in [-0.3, -0.25) is 0 Å². The van der Waals surface area contributed by atoms with Gasteiger partial charge in [0.15, 0.2) is 0 Å². The van der Waals surface area contributed by atoms with E-state index in [1.54, 1.807) is 27.9 Å². The molecular weight excluding hydrogens is 1390 g/mol. The summed E-state index contributed by atoms with van der Waals surface area (Å²) in [5, 5.41) is 40.5. The fraction of sp³-hybridized carbons (Fsp3) is 0.782. The van der Waals surface area contributed by atoms with Crippen molar-refractivity contribution in [3.8, 4) is 0 Å². The Labute approximate surface area is 702 Å². The van der Waals surface area contributed by atoms with E-state index in [-0.39, 0.29) is 24.4 Å². The Balaban J connectivity index is 0.000000150. The number of allylic oxidation sites excluding steroid dienone is 18. The summed E-state index contributed by atoms with van der Waals surface area (Å²) in [6, 6.07) is 0. The summed E-state index contributed by atoms with van der Waals surface area (Å²) in [6.45, 7) is 57.4. The molecule has 14 aliphatic rings. The third-order valence-corrected chi connectivity index (χ3v) is 36.8. The van der Waals surface area contributed by atoms with Crippen LogP contribution >= 0.6 is 0 Å². The molecule has 0 heterocycles. The monoisotopic (exact) mass is 1560 g/mol. The summed E-state index contributed by atoms with van der Waals surface area (Å²) in [7, 11) is 0. The molecule has 4 N–H and O–H groups in total. The second kappa shape index (κ2) is 38.8. The van der Waals surface area contributed by atoms with Crippen LogP contribution in [-0.4, -0.2) is 44.8 Å². The summed E-state index contributed by atoms with van der Waals surface area (Å²) < 4.78 is 0. The molecule has 4 nitrogen and oxygen atoms in total. The van der Waals surface area contributed by atoms with Gasteiger partial charge < -0.3 is 20.4 Å². The molecule has 12 fully saturated rings. The average molecular weight is 1560 g/mol. The first-order chi connectivity index (χ1) is 53.9. The zero-order valence-electron chi connectivity index (χ0n) is 77.4. The van der Waals surface area contributed by atoms with Crippen molar-refractivity contribution in [3.05, 3.63) is 142 Å². The van der Waals surface area contributed by atoms with Crippen LogP contribution in [0.2, 0.25) is 0 Å². The Kier molecular flexibility index (Phi) is 31.2. The Morgan fingerprint density at radius 3 is 1.09 bits per heavy atom. The highest BCUT2D eigenvalue weighted by Crippen LogP contribution is 2.69. The van der Waals surface area contributed by atoms with Gasteiger partial charge in [0.25, 0.3) is 0 Å². The maximum absolute atomic E-state index is 10.2. The summed E-state index contributed by atoms with van der Waals surface area (Å²) >= 11 is 0. The first kappa shape index (κ1) is 91.5. The summed E-state index contributed by atoms with van der Waals surface area (Å²) in [5.41, 5.74) is 17.6. The lowest BCUT2D eigenvalue weighted by Gasteiger charge is -2.55. The number of hydrogen-bond donors (Lipinski definition) is 4. The fourth-order valence-electron chi connectivity index (χ4n) is 28.5. The van der Waals surface area contributed by atoms with Crippen LogP contribution in [0.5, 0.6) is 0 Å². The van der Waals surface area contributed by atoms with Gasteiger partial charge in [0.1, 0.15) is 0 Å². The van der Waals surface area contributed by atoms with Crippen LogP contribution in [0.4, 0.5) is 0 Å². The minimum atomic E-state index is -0.182. The van der Waals surface area contributed by atoms with E-state index in [9.17, 15) is 20.4 Å². The van der Waals surface area contributed by atoms with Crippen LogP contribution in [0.25, 0.3) is 0 Å².